The van der Waals surface area contributed by atoms with Gasteiger partial charge in [0.1, 0.15) is 0 Å². The molecular formula is C37H72N6. The first-order valence-electron chi connectivity index (χ1n) is 18.9. The van der Waals surface area contributed by atoms with Crippen molar-refractivity contribution in [2.24, 2.45) is 23.2 Å². The van der Waals surface area contributed by atoms with Crippen molar-refractivity contribution in [1.82, 2.24) is 30.2 Å². The zero-order valence-electron chi connectivity index (χ0n) is 29.8. The third kappa shape index (κ3) is 8.19. The minimum Gasteiger partial charge on any atom is -0.315 e. The monoisotopic (exact) mass is 601 g/mol. The highest BCUT2D eigenvalue weighted by molar-refractivity contribution is 5.10. The summed E-state index contributed by atoms with van der Waals surface area (Å²) < 4.78 is 0. The number of likely N-dealkylation sites (tertiary alicyclic amines) is 4. The van der Waals surface area contributed by atoms with Crippen molar-refractivity contribution in [2.45, 2.75) is 149 Å². The first-order chi connectivity index (χ1) is 20.5. The molecule has 6 saturated heterocycles. The Labute approximate surface area is 267 Å². The van der Waals surface area contributed by atoms with E-state index in [4.69, 9.17) is 0 Å². The van der Waals surface area contributed by atoms with Gasteiger partial charge < -0.3 is 20.4 Å². The van der Waals surface area contributed by atoms with Crippen molar-refractivity contribution in [2.75, 3.05) is 65.4 Å². The van der Waals surface area contributed by atoms with Crippen LogP contribution in [0.3, 0.4) is 0 Å². The van der Waals surface area contributed by atoms with Crippen LogP contribution in [0, 0.1) is 23.2 Å². The summed E-state index contributed by atoms with van der Waals surface area (Å²) in [5.41, 5.74) is 1.41. The Balaban J connectivity index is 0.000000114. The average molecular weight is 601 g/mol. The van der Waals surface area contributed by atoms with Gasteiger partial charge in [-0.25, -0.2) is 0 Å². The molecule has 2 spiro atoms. The minimum atomic E-state index is 0.605. The van der Waals surface area contributed by atoms with Crippen molar-refractivity contribution < 1.29 is 0 Å². The summed E-state index contributed by atoms with van der Waals surface area (Å²) in [6.45, 7) is 31.6. The van der Waals surface area contributed by atoms with Crippen LogP contribution in [0.4, 0.5) is 0 Å². The molecule has 0 bridgehead atoms. The molecule has 2 N–H and O–H groups in total. The van der Waals surface area contributed by atoms with Crippen LogP contribution < -0.4 is 10.6 Å². The van der Waals surface area contributed by atoms with Gasteiger partial charge in [-0.3, -0.25) is 9.80 Å². The molecule has 4 unspecified atom stereocenters. The molecule has 2 aliphatic carbocycles. The first kappa shape index (κ1) is 34.1. The number of fused-ring (bicyclic) bond motifs is 2. The van der Waals surface area contributed by atoms with Crippen LogP contribution >= 0.6 is 0 Å². The molecule has 0 aromatic rings. The molecule has 0 amide bonds. The molecule has 6 heterocycles. The van der Waals surface area contributed by atoms with Gasteiger partial charge in [0.2, 0.25) is 0 Å². The number of nitrogens with one attached hydrogen (secondary N) is 2. The fourth-order valence-corrected chi connectivity index (χ4v) is 9.64. The second-order valence-corrected chi connectivity index (χ2v) is 17.1. The van der Waals surface area contributed by atoms with E-state index in [0.29, 0.717) is 5.54 Å². The maximum atomic E-state index is 3.47. The fraction of sp³-hybridized carbons (Fsp3) is 1.00. The van der Waals surface area contributed by atoms with Gasteiger partial charge in [-0.05, 0) is 150 Å². The van der Waals surface area contributed by atoms with Crippen molar-refractivity contribution in [3.8, 4) is 0 Å². The molecule has 250 valence electrons. The van der Waals surface area contributed by atoms with Crippen LogP contribution in [0.1, 0.15) is 113 Å². The lowest BCUT2D eigenvalue weighted by molar-refractivity contribution is -0.0742. The van der Waals surface area contributed by atoms with Gasteiger partial charge in [0, 0.05) is 81.6 Å². The number of hydrogen-bond acceptors (Lipinski definition) is 6. The highest BCUT2D eigenvalue weighted by Gasteiger charge is 2.50. The van der Waals surface area contributed by atoms with E-state index in [0.717, 1.165) is 53.4 Å². The zero-order valence-corrected chi connectivity index (χ0v) is 29.8. The predicted molar refractivity (Wildman–Crippen MR) is 184 cm³/mol. The van der Waals surface area contributed by atoms with Gasteiger partial charge in [0.25, 0.3) is 0 Å². The second kappa shape index (κ2) is 14.7. The lowest BCUT2D eigenvalue weighted by atomic mass is 9.78. The van der Waals surface area contributed by atoms with Gasteiger partial charge in [0.05, 0.1) is 0 Å². The van der Waals surface area contributed by atoms with E-state index < -0.39 is 0 Å². The summed E-state index contributed by atoms with van der Waals surface area (Å²) in [5, 5.41) is 6.81. The number of rotatable bonds is 4. The van der Waals surface area contributed by atoms with Crippen molar-refractivity contribution in [3.05, 3.63) is 0 Å². The van der Waals surface area contributed by atoms with E-state index >= 15 is 0 Å². The minimum absolute atomic E-state index is 0.605. The van der Waals surface area contributed by atoms with Gasteiger partial charge >= 0.3 is 0 Å². The topological polar surface area (TPSA) is 37.0 Å². The molecule has 8 fully saturated rings. The van der Waals surface area contributed by atoms with Gasteiger partial charge in [-0.2, -0.15) is 0 Å². The molecule has 6 heteroatoms. The normalized spacial score (nSPS) is 34.3. The predicted octanol–water partition coefficient (Wildman–Crippen LogP) is 5.53. The fourth-order valence-electron chi connectivity index (χ4n) is 9.64. The average Bonchev–Trinajstić information content (AvgIpc) is 3.37. The molecule has 8 aliphatic rings. The molecule has 43 heavy (non-hydrogen) atoms. The van der Waals surface area contributed by atoms with Gasteiger partial charge in [-0.1, -0.05) is 6.42 Å². The number of piperidine rings is 1. The van der Waals surface area contributed by atoms with Crippen molar-refractivity contribution in [3.63, 3.8) is 0 Å². The molecule has 8 rings (SSSR count). The third-order valence-electron chi connectivity index (χ3n) is 13.0. The van der Waals surface area contributed by atoms with Crippen LogP contribution in [-0.4, -0.2) is 121 Å². The maximum Gasteiger partial charge on any atom is 0.0472 e. The summed E-state index contributed by atoms with van der Waals surface area (Å²) in [6, 6.07) is 3.89. The van der Waals surface area contributed by atoms with Crippen LogP contribution in [0.2, 0.25) is 0 Å². The Bertz CT molecular complexity index is 831. The first-order valence-corrected chi connectivity index (χ1v) is 18.9. The molecule has 0 radical (unpaired) electrons. The number of hydrogen-bond donors (Lipinski definition) is 2. The van der Waals surface area contributed by atoms with E-state index in [-0.39, 0.29) is 0 Å². The van der Waals surface area contributed by atoms with Crippen molar-refractivity contribution in [1.29, 1.82) is 0 Å². The summed E-state index contributed by atoms with van der Waals surface area (Å²) in [6.07, 6.45) is 13.3. The van der Waals surface area contributed by atoms with Gasteiger partial charge in [0.15, 0.2) is 0 Å². The third-order valence-corrected chi connectivity index (χ3v) is 13.0. The Morgan fingerprint density at radius 2 is 1.26 bits per heavy atom. The number of nitrogens with zero attached hydrogens (tertiary/aromatic N) is 4. The van der Waals surface area contributed by atoms with E-state index in [1.54, 1.807) is 0 Å². The lowest BCUT2D eigenvalue weighted by Crippen LogP contribution is -2.77. The lowest BCUT2D eigenvalue weighted by Gasteiger charge is -2.60. The maximum absolute atomic E-state index is 3.47. The highest BCUT2D eigenvalue weighted by atomic mass is 15.3. The van der Waals surface area contributed by atoms with E-state index in [1.807, 2.05) is 0 Å². The summed E-state index contributed by atoms with van der Waals surface area (Å²) in [5.74, 6) is 3.09. The van der Waals surface area contributed by atoms with E-state index in [9.17, 15) is 0 Å². The molecular weight excluding hydrogens is 528 g/mol. The SMILES string of the molecule is CC(C)N1CC2CCCC2C1.CC(C)N1CCC12CNC2.CC(C)N1CCC2CNCC21.CC(C)N1CCCC2(CC2)C1. The van der Waals surface area contributed by atoms with Crippen LogP contribution in [0.5, 0.6) is 0 Å². The molecule has 4 atom stereocenters. The van der Waals surface area contributed by atoms with Gasteiger partial charge in [-0.15, -0.1) is 0 Å². The molecule has 6 aliphatic heterocycles. The standard InChI is InChI=1S/2C10H19N.C9H18N2.C8H16N2/c1-9(2)11-7-3-4-10(8-11)5-6-10;1-8(2)11-6-9-4-3-5-10(9)7-11;1-7(2)11-4-3-8-5-10-6-9(8)11;1-7(2)10-4-3-8(10)5-9-6-8/h9H,3-8H2,1-2H3;8-10H,3-7H2,1-2H3;7-10H,3-6H2,1-2H3;7,9H,3-6H2,1-2H3. The van der Waals surface area contributed by atoms with E-state index in [2.05, 4.69) is 85.6 Å². The smallest absolute Gasteiger partial charge is 0.0472 e. The molecule has 6 nitrogen and oxygen atoms in total. The van der Waals surface area contributed by atoms with Crippen LogP contribution in [-0.2, 0) is 0 Å². The summed E-state index contributed by atoms with van der Waals surface area (Å²) >= 11 is 0. The molecule has 0 aromatic heterocycles. The van der Waals surface area contributed by atoms with Crippen molar-refractivity contribution >= 4 is 0 Å². The highest BCUT2D eigenvalue weighted by Crippen LogP contribution is 2.52. The second-order valence-electron chi connectivity index (χ2n) is 17.1. The molecule has 0 aromatic carbocycles. The van der Waals surface area contributed by atoms with Crippen LogP contribution in [0.25, 0.3) is 0 Å². The summed E-state index contributed by atoms with van der Waals surface area (Å²) in [7, 11) is 0. The van der Waals surface area contributed by atoms with Crippen LogP contribution in [0.15, 0.2) is 0 Å². The quantitative estimate of drug-likeness (QED) is 0.442. The Morgan fingerprint density at radius 3 is 1.72 bits per heavy atom. The Morgan fingerprint density at radius 1 is 0.581 bits per heavy atom. The molecule has 2 saturated carbocycles. The van der Waals surface area contributed by atoms with E-state index in [1.165, 1.54) is 123 Å². The Hall–Kier alpha value is -0.240. The zero-order chi connectivity index (χ0) is 30.8. The summed E-state index contributed by atoms with van der Waals surface area (Å²) in [4.78, 5) is 10.6. The Kier molecular flexibility index (Phi) is 11.6. The largest absolute Gasteiger partial charge is 0.315 e.